The molecule has 8 aromatic rings. The van der Waals surface area contributed by atoms with Gasteiger partial charge in [0.2, 0.25) is 0 Å². The maximum atomic E-state index is 12.7. The first-order valence-electron chi connectivity index (χ1n) is 51.4. The number of carbonyl (C=O) groups excluding carboxylic acids is 3. The number of anilines is 7. The van der Waals surface area contributed by atoms with Crippen molar-refractivity contribution < 1.29 is 19.1 Å². The van der Waals surface area contributed by atoms with Crippen LogP contribution in [0, 0.1) is 56.3 Å². The third-order valence-electron chi connectivity index (χ3n) is 34.4. The molecule has 2 amide bonds. The molecule has 133 heavy (non-hydrogen) atoms. The van der Waals surface area contributed by atoms with Crippen molar-refractivity contribution in [1.29, 1.82) is 0 Å². The Morgan fingerprint density at radius 2 is 0.654 bits per heavy atom. The second kappa shape index (κ2) is 39.7. The van der Waals surface area contributed by atoms with Crippen molar-refractivity contribution >= 4 is 80.8 Å². The zero-order valence-corrected chi connectivity index (χ0v) is 82.7. The number of hydrogen-bond acceptors (Lipinski definition) is 16. The number of Topliss-reactive ketones (excluding diaryl/α,β-unsaturated/α-hetero) is 1. The number of carbonyl (C=O) groups is 3. The fourth-order valence-corrected chi connectivity index (χ4v) is 25.6. The van der Waals surface area contributed by atoms with Crippen LogP contribution in [0.25, 0.3) is 0 Å². The van der Waals surface area contributed by atoms with Gasteiger partial charge < -0.3 is 73.8 Å². The van der Waals surface area contributed by atoms with Crippen LogP contribution in [0.15, 0.2) is 182 Å². The van der Waals surface area contributed by atoms with E-state index in [-0.39, 0.29) is 12.0 Å². The van der Waals surface area contributed by atoms with Crippen LogP contribution in [-0.2, 0) is 36.6 Å². The van der Waals surface area contributed by atoms with Gasteiger partial charge in [-0.05, 0) is 290 Å². The van der Waals surface area contributed by atoms with Crippen LogP contribution in [0.1, 0.15) is 154 Å². The Kier molecular flexibility index (Phi) is 27.8. The van der Waals surface area contributed by atoms with Crippen LogP contribution in [0.4, 0.5) is 44.6 Å². The van der Waals surface area contributed by atoms with Crippen molar-refractivity contribution in [2.45, 2.75) is 147 Å². The Balaban J connectivity index is 0.000000107. The van der Waals surface area contributed by atoms with E-state index >= 15 is 0 Å². The Bertz CT molecular complexity index is 5210. The van der Waals surface area contributed by atoms with Crippen LogP contribution < -0.4 is 39.6 Å². The topological polar surface area (TPSA) is 115 Å². The Morgan fingerprint density at radius 3 is 0.947 bits per heavy atom. The summed E-state index contributed by atoms with van der Waals surface area (Å²) < 4.78 is 5.09. The molecule has 10 saturated heterocycles. The molecule has 8 aromatic carbocycles. The van der Waals surface area contributed by atoms with Crippen LogP contribution >= 0.6 is 23.2 Å². The molecule has 10 heterocycles. The highest BCUT2D eigenvalue weighted by Crippen LogP contribution is 2.63. The fourth-order valence-electron chi connectivity index (χ4n) is 25.3. The number of likely N-dealkylation sites (tertiary alicyclic amines) is 4. The normalized spacial score (nSPS) is 27.9. The number of ether oxygens (including phenoxy) is 1. The predicted octanol–water partition coefficient (Wildman–Crippen LogP) is 18.4. The van der Waals surface area contributed by atoms with Crippen molar-refractivity contribution in [1.82, 2.24) is 34.7 Å². The molecule has 10 unspecified atom stereocenters. The molecule has 0 bridgehead atoms. The molecule has 18 nitrogen and oxygen atoms in total. The van der Waals surface area contributed by atoms with Gasteiger partial charge in [0.15, 0.2) is 0 Å². The number of ketones is 1. The number of halogens is 2. The third kappa shape index (κ3) is 19.7. The van der Waals surface area contributed by atoms with E-state index in [2.05, 4.69) is 253 Å². The Morgan fingerprint density at radius 1 is 0.353 bits per heavy atom. The monoisotopic (exact) mass is 1840 g/mol. The van der Waals surface area contributed by atoms with E-state index in [1.165, 1.54) is 179 Å². The summed E-state index contributed by atoms with van der Waals surface area (Å²) in [6.07, 6.45) is 10.5. The summed E-state index contributed by atoms with van der Waals surface area (Å²) in [6, 6.07) is 67.5. The lowest BCUT2D eigenvalue weighted by Gasteiger charge is -2.37. The van der Waals surface area contributed by atoms with E-state index in [0.717, 1.165) is 206 Å². The Labute approximate surface area is 804 Å². The summed E-state index contributed by atoms with van der Waals surface area (Å²) in [5.74, 6) is 5.33. The van der Waals surface area contributed by atoms with E-state index in [4.69, 9.17) is 27.9 Å². The van der Waals surface area contributed by atoms with Crippen LogP contribution in [0.5, 0.6) is 0 Å². The van der Waals surface area contributed by atoms with Crippen molar-refractivity contribution in [3.63, 3.8) is 0 Å². The number of rotatable bonds is 21. The molecule has 0 aromatic heterocycles. The van der Waals surface area contributed by atoms with Gasteiger partial charge in [-0.3, -0.25) is 9.59 Å². The van der Waals surface area contributed by atoms with Gasteiger partial charge in [0.25, 0.3) is 5.91 Å². The zero-order valence-electron chi connectivity index (χ0n) is 81.2. The van der Waals surface area contributed by atoms with Crippen LogP contribution in [0.3, 0.4) is 0 Å². The summed E-state index contributed by atoms with van der Waals surface area (Å²) in [5.41, 5.74) is 23.5. The molecule has 10 aliphatic heterocycles. The second-order valence-electron chi connectivity index (χ2n) is 42.1. The molecular formula is C113H148Cl2N14O4. The van der Waals surface area contributed by atoms with Gasteiger partial charge in [0.1, 0.15) is 5.78 Å². The molecule has 708 valence electrons. The minimum Gasteiger partial charge on any atom is -0.450 e. The van der Waals surface area contributed by atoms with Gasteiger partial charge in [-0.15, -0.1) is 0 Å². The average Bonchev–Trinajstić information content (AvgIpc) is 1.56. The van der Waals surface area contributed by atoms with E-state index < -0.39 is 0 Å². The minimum absolute atomic E-state index is 0.153. The van der Waals surface area contributed by atoms with Crippen LogP contribution in [-0.4, -0.2) is 263 Å². The zero-order chi connectivity index (χ0) is 91.9. The molecule has 0 spiro atoms. The molecule has 5 saturated carbocycles. The van der Waals surface area contributed by atoms with E-state index in [0.29, 0.717) is 45.4 Å². The standard InChI is InChI=1S/C25H31N3O.C24H30ClN3.C22H26ClN3.C22H32N2O.C20H29N3O2/c1-3-26-17-22-16-25(22,18-26)21-8-10-23(11-9-21)27-12-14-28(15-13-27)24(29)20-6-4-19(2)5-7-20;1-3-26-16-20-15-24(20,17-26)19-4-6-21(7-5-19)27-10-12-28(13-11-27)22-8-9-23(25)18(2)14-22;1-16-12-20(6-7-21(16)23)26-10-8-25(9-11-26)19-4-2-17(3-5-19)22-13-18(22)14-24-15-22;1-3-5-21(25)17-10-12-24(13-11-17)20-8-6-18(7-9-20)22-14-19(22)15-23(4-2)16-22;1-3-21-14-17-13-20(17,15-21)16-5-7-18(8-6-16)22-9-11-23(12-10-22)19(24)25-4-2/h4-11,22H,3,12-18H2,1-2H3;4-9,14,20H,3,10-13,15-17H2,1-2H3;2-7,12,18,24H,8-11,13-15H2,1H3;6-9,17,19H,3-5,10-16H2,1-2H3;5-8,17H,3-4,9-15H2,1-2H3. The first-order chi connectivity index (χ1) is 64.6. The minimum atomic E-state index is -0.182. The molecule has 23 rings (SSSR count). The SMILES string of the molecule is CCCC(=O)C1CCN(c2ccc(C34CC3CN(CC)C4)cc2)CC1.CCN1CC2CC2(c2ccc(N3CCN(C(=O)c4ccc(C)cc4)CC3)cc2)C1.CCN1CC2CC2(c2ccc(N3CCN(c4ccc(Cl)c(C)c4)CC3)cc2)C1.CCOC(=O)N1CCN(c2ccc(C34CC3CN(CC)C4)cc2)CC1.Cc1cc(N2CCN(c3ccc(C45CNCC4C5)cc3)CC2)ccc1Cl. The molecule has 5 aliphatic carbocycles. The first kappa shape index (κ1) is 93.2. The maximum absolute atomic E-state index is 12.7. The maximum Gasteiger partial charge on any atom is 0.409 e. The number of hydrogen-bond donors (Lipinski definition) is 1. The number of piperazine rings is 4. The lowest BCUT2D eigenvalue weighted by Crippen LogP contribution is -2.49. The van der Waals surface area contributed by atoms with Gasteiger partial charge in [-0.1, -0.05) is 136 Å². The number of nitrogens with one attached hydrogen (secondary N) is 1. The lowest BCUT2D eigenvalue weighted by atomic mass is 9.90. The van der Waals surface area contributed by atoms with E-state index in [1.807, 2.05) is 55.1 Å². The number of likely N-dealkylation sites (N-methyl/N-ethyl adjacent to an activating group) is 4. The summed E-state index contributed by atoms with van der Waals surface area (Å²) in [4.78, 5) is 68.0. The smallest absolute Gasteiger partial charge is 0.409 e. The van der Waals surface area contributed by atoms with Gasteiger partial charge in [0.05, 0.1) is 6.61 Å². The Hall–Kier alpha value is -8.85. The van der Waals surface area contributed by atoms with Crippen LogP contribution in [0.2, 0.25) is 10.0 Å². The number of nitrogens with zero attached hydrogens (tertiary/aromatic N) is 13. The molecule has 15 aliphatic rings. The predicted molar refractivity (Wildman–Crippen MR) is 549 cm³/mol. The van der Waals surface area contributed by atoms with Crippen molar-refractivity contribution in [2.24, 2.45) is 35.5 Å². The number of benzene rings is 8. The van der Waals surface area contributed by atoms with Crippen molar-refractivity contribution in [2.75, 3.05) is 250 Å². The molecule has 15 fully saturated rings. The highest BCUT2D eigenvalue weighted by molar-refractivity contribution is 6.31. The fraction of sp³-hybridized carbons (Fsp3) is 0.549. The van der Waals surface area contributed by atoms with Gasteiger partial charge >= 0.3 is 6.09 Å². The summed E-state index contributed by atoms with van der Waals surface area (Å²) in [7, 11) is 0. The van der Waals surface area contributed by atoms with Gasteiger partial charge in [-0.25, -0.2) is 4.79 Å². The highest BCUT2D eigenvalue weighted by atomic mass is 35.5. The summed E-state index contributed by atoms with van der Waals surface area (Å²) >= 11 is 12.3. The first-order valence-corrected chi connectivity index (χ1v) is 52.1. The quantitative estimate of drug-likeness (QED) is 0.0735. The number of aryl methyl sites for hydroxylation is 3. The molecule has 0 radical (unpaired) electrons. The third-order valence-corrected chi connectivity index (χ3v) is 35.3. The summed E-state index contributed by atoms with van der Waals surface area (Å²) in [5, 5.41) is 5.24. The van der Waals surface area contributed by atoms with Gasteiger partial charge in [-0.2, -0.15) is 0 Å². The number of amides is 2. The molecule has 1 N–H and O–H groups in total. The lowest BCUT2D eigenvalue weighted by molar-refractivity contribution is -0.123. The second-order valence-corrected chi connectivity index (χ2v) is 42.9. The summed E-state index contributed by atoms with van der Waals surface area (Å²) in [6.45, 7) is 54.0. The van der Waals surface area contributed by atoms with E-state index in [9.17, 15) is 14.4 Å². The molecule has 10 atom stereocenters. The number of piperidine rings is 6. The van der Waals surface area contributed by atoms with Crippen molar-refractivity contribution in [3.8, 4) is 0 Å². The largest absolute Gasteiger partial charge is 0.450 e. The van der Waals surface area contributed by atoms with E-state index in [1.54, 1.807) is 16.0 Å². The van der Waals surface area contributed by atoms with Gasteiger partial charge in [0, 0.05) is 272 Å². The number of fused-ring (bicyclic) bond motifs is 5. The molecular weight excluding hydrogens is 1690 g/mol. The average molecular weight is 1840 g/mol. The van der Waals surface area contributed by atoms with Crippen molar-refractivity contribution in [3.05, 3.63) is 242 Å². The highest BCUT2D eigenvalue weighted by Gasteiger charge is 2.64. The molecule has 20 heteroatoms.